The summed E-state index contributed by atoms with van der Waals surface area (Å²) in [6, 6.07) is 0.291. The fourth-order valence-electron chi connectivity index (χ4n) is 2.15. The Morgan fingerprint density at radius 1 is 1.37 bits per heavy atom. The van der Waals surface area contributed by atoms with E-state index in [0.717, 1.165) is 30.8 Å². The molecule has 0 aliphatic heterocycles. The number of hydrogen-bond acceptors (Lipinski definition) is 7. The first kappa shape index (κ1) is 12.3. The van der Waals surface area contributed by atoms with Crippen LogP contribution in [-0.2, 0) is 0 Å². The van der Waals surface area contributed by atoms with Crippen molar-refractivity contribution in [2.75, 3.05) is 5.73 Å². The van der Waals surface area contributed by atoms with Crippen molar-refractivity contribution in [2.24, 2.45) is 0 Å². The van der Waals surface area contributed by atoms with Crippen molar-refractivity contribution in [3.63, 3.8) is 0 Å². The molecular weight excluding hydrogens is 269 g/mol. The first-order chi connectivity index (χ1) is 9.24. The molecule has 2 aromatic rings. The molecular formula is C10H12FN7S. The molecule has 19 heavy (non-hydrogen) atoms. The van der Waals surface area contributed by atoms with Crippen LogP contribution in [-0.4, -0.2) is 30.2 Å². The predicted octanol–water partition coefficient (Wildman–Crippen LogP) is 1.45. The lowest BCUT2D eigenvalue weighted by Crippen LogP contribution is -2.08. The normalized spacial score (nSPS) is 16.1. The van der Waals surface area contributed by atoms with Crippen molar-refractivity contribution < 1.29 is 4.39 Å². The number of nitrogens with zero attached hydrogens (tertiary/aromatic N) is 6. The monoisotopic (exact) mass is 281 g/mol. The number of halogens is 1. The number of nitrogens with two attached hydrogens (primary N) is 1. The molecule has 0 bridgehead atoms. The first-order valence-electron chi connectivity index (χ1n) is 5.98. The molecule has 3 rings (SSSR count). The zero-order chi connectivity index (χ0) is 13.2. The highest BCUT2D eigenvalue weighted by Crippen LogP contribution is 2.33. The molecule has 0 radical (unpaired) electrons. The summed E-state index contributed by atoms with van der Waals surface area (Å²) in [5.74, 6) is -0.496. The van der Waals surface area contributed by atoms with Gasteiger partial charge in [0.2, 0.25) is 11.1 Å². The highest BCUT2D eigenvalue weighted by atomic mass is 32.2. The summed E-state index contributed by atoms with van der Waals surface area (Å²) in [7, 11) is 0. The van der Waals surface area contributed by atoms with Gasteiger partial charge in [-0.2, -0.15) is 0 Å². The van der Waals surface area contributed by atoms with Crippen molar-refractivity contribution in [2.45, 2.75) is 41.9 Å². The smallest absolute Gasteiger partial charge is 0.221 e. The molecule has 0 spiro atoms. The Kier molecular flexibility index (Phi) is 3.28. The number of rotatable bonds is 3. The van der Waals surface area contributed by atoms with Crippen molar-refractivity contribution in [1.82, 2.24) is 30.2 Å². The molecule has 9 heteroatoms. The molecule has 2 aromatic heterocycles. The van der Waals surface area contributed by atoms with Crippen LogP contribution in [0.4, 0.5) is 10.3 Å². The number of tetrazole rings is 1. The van der Waals surface area contributed by atoms with Crippen LogP contribution in [0.3, 0.4) is 0 Å². The average molecular weight is 281 g/mol. The van der Waals surface area contributed by atoms with E-state index in [2.05, 4.69) is 25.5 Å². The van der Waals surface area contributed by atoms with E-state index >= 15 is 0 Å². The standard InChI is InChI=1S/C10H12FN7S/c11-7-5-13-9(12)14-8(7)19-10-15-16-17-18(10)6-3-1-2-4-6/h5-6H,1-4H2,(H2,12,13,14). The van der Waals surface area contributed by atoms with Gasteiger partial charge in [-0.3, -0.25) is 0 Å². The Balaban J connectivity index is 1.87. The maximum atomic E-state index is 13.6. The van der Waals surface area contributed by atoms with Gasteiger partial charge in [-0.15, -0.1) is 5.10 Å². The van der Waals surface area contributed by atoms with Crippen molar-refractivity contribution in [3.05, 3.63) is 12.0 Å². The minimum atomic E-state index is -0.528. The molecule has 1 aliphatic rings. The van der Waals surface area contributed by atoms with Gasteiger partial charge in [0.15, 0.2) is 5.82 Å². The van der Waals surface area contributed by atoms with E-state index in [4.69, 9.17) is 5.73 Å². The Hall–Kier alpha value is -1.77. The lowest BCUT2D eigenvalue weighted by Gasteiger charge is -2.10. The second-order valence-electron chi connectivity index (χ2n) is 4.33. The molecule has 2 heterocycles. The van der Waals surface area contributed by atoms with Crippen LogP contribution in [0.1, 0.15) is 31.7 Å². The van der Waals surface area contributed by atoms with Crippen LogP contribution >= 0.6 is 11.8 Å². The molecule has 0 atom stereocenters. The fraction of sp³-hybridized carbons (Fsp3) is 0.500. The van der Waals surface area contributed by atoms with Crippen LogP contribution in [0.2, 0.25) is 0 Å². The topological polar surface area (TPSA) is 95.4 Å². The van der Waals surface area contributed by atoms with Crippen LogP contribution < -0.4 is 5.73 Å². The van der Waals surface area contributed by atoms with E-state index in [1.54, 1.807) is 4.68 Å². The molecule has 1 fully saturated rings. The molecule has 0 amide bonds. The largest absolute Gasteiger partial charge is 0.368 e. The summed E-state index contributed by atoms with van der Waals surface area (Å²) in [6.45, 7) is 0. The molecule has 2 N–H and O–H groups in total. The summed E-state index contributed by atoms with van der Waals surface area (Å²) in [5.41, 5.74) is 5.46. The second kappa shape index (κ2) is 5.08. The Morgan fingerprint density at radius 2 is 2.16 bits per heavy atom. The van der Waals surface area contributed by atoms with Crippen LogP contribution in [0.25, 0.3) is 0 Å². The molecule has 100 valence electrons. The number of aromatic nitrogens is 6. The lowest BCUT2D eigenvalue weighted by atomic mass is 10.3. The van der Waals surface area contributed by atoms with E-state index in [-0.39, 0.29) is 11.0 Å². The van der Waals surface area contributed by atoms with E-state index in [1.807, 2.05) is 0 Å². The van der Waals surface area contributed by atoms with Gasteiger partial charge in [-0.25, -0.2) is 19.0 Å². The highest BCUT2D eigenvalue weighted by Gasteiger charge is 2.23. The van der Waals surface area contributed by atoms with Gasteiger partial charge in [-0.1, -0.05) is 12.8 Å². The highest BCUT2D eigenvalue weighted by molar-refractivity contribution is 7.99. The fourth-order valence-corrected chi connectivity index (χ4v) is 2.97. The zero-order valence-corrected chi connectivity index (χ0v) is 10.8. The van der Waals surface area contributed by atoms with Crippen molar-refractivity contribution in [1.29, 1.82) is 0 Å². The van der Waals surface area contributed by atoms with Crippen LogP contribution in [0, 0.1) is 5.82 Å². The minimum Gasteiger partial charge on any atom is -0.368 e. The number of anilines is 1. The van der Waals surface area contributed by atoms with Gasteiger partial charge < -0.3 is 5.73 Å². The summed E-state index contributed by atoms with van der Waals surface area (Å²) in [4.78, 5) is 7.45. The SMILES string of the molecule is Nc1ncc(F)c(Sc2nnnn2C2CCCC2)n1. The summed E-state index contributed by atoms with van der Waals surface area (Å²) in [6.07, 6.45) is 5.49. The van der Waals surface area contributed by atoms with Gasteiger partial charge >= 0.3 is 0 Å². The average Bonchev–Trinajstić information content (AvgIpc) is 3.03. The Labute approximate surface area is 112 Å². The number of hydrogen-bond donors (Lipinski definition) is 1. The molecule has 7 nitrogen and oxygen atoms in total. The molecule has 0 saturated heterocycles. The molecule has 1 aliphatic carbocycles. The molecule has 0 unspecified atom stereocenters. The summed E-state index contributed by atoms with van der Waals surface area (Å²) < 4.78 is 15.3. The molecule has 1 saturated carbocycles. The van der Waals surface area contributed by atoms with Gasteiger partial charge in [0.1, 0.15) is 5.03 Å². The van der Waals surface area contributed by atoms with Gasteiger partial charge in [0.05, 0.1) is 12.2 Å². The third-order valence-corrected chi connectivity index (χ3v) is 3.98. The Morgan fingerprint density at radius 3 is 2.95 bits per heavy atom. The van der Waals surface area contributed by atoms with Crippen molar-refractivity contribution >= 4 is 17.7 Å². The quantitative estimate of drug-likeness (QED) is 0.850. The zero-order valence-electron chi connectivity index (χ0n) is 10.0. The van der Waals surface area contributed by atoms with Gasteiger partial charge in [0.25, 0.3) is 0 Å². The minimum absolute atomic E-state index is 0.0313. The van der Waals surface area contributed by atoms with Crippen molar-refractivity contribution in [3.8, 4) is 0 Å². The maximum absolute atomic E-state index is 13.6. The van der Waals surface area contributed by atoms with E-state index in [9.17, 15) is 4.39 Å². The third kappa shape index (κ3) is 2.50. The first-order valence-corrected chi connectivity index (χ1v) is 6.79. The number of nitrogen functional groups attached to an aromatic ring is 1. The van der Waals surface area contributed by atoms with Gasteiger partial charge in [-0.05, 0) is 35.0 Å². The summed E-state index contributed by atoms with van der Waals surface area (Å²) in [5, 5.41) is 12.2. The predicted molar refractivity (Wildman–Crippen MR) is 65.8 cm³/mol. The van der Waals surface area contributed by atoms with Gasteiger partial charge in [0, 0.05) is 0 Å². The molecule has 0 aromatic carbocycles. The van der Waals surface area contributed by atoms with Crippen LogP contribution in [0.5, 0.6) is 0 Å². The summed E-state index contributed by atoms with van der Waals surface area (Å²) >= 11 is 1.07. The second-order valence-corrected chi connectivity index (χ2v) is 5.28. The lowest BCUT2D eigenvalue weighted by molar-refractivity contribution is 0.422. The maximum Gasteiger partial charge on any atom is 0.221 e. The van der Waals surface area contributed by atoms with Crippen LogP contribution in [0.15, 0.2) is 16.4 Å². The Bertz CT molecular complexity index is 581. The van der Waals surface area contributed by atoms with E-state index < -0.39 is 5.82 Å². The van der Waals surface area contributed by atoms with E-state index in [0.29, 0.717) is 11.2 Å². The van der Waals surface area contributed by atoms with E-state index in [1.165, 1.54) is 12.8 Å². The third-order valence-electron chi connectivity index (χ3n) is 3.05.